The van der Waals surface area contributed by atoms with Gasteiger partial charge >= 0.3 is 0 Å². The van der Waals surface area contributed by atoms with E-state index in [0.29, 0.717) is 12.3 Å². The first-order valence-electron chi connectivity index (χ1n) is 22.0. The zero-order valence-corrected chi connectivity index (χ0v) is 36.5. The van der Waals surface area contributed by atoms with Gasteiger partial charge in [-0.3, -0.25) is 9.55 Å². The van der Waals surface area contributed by atoms with E-state index in [9.17, 15) is 0 Å². The van der Waals surface area contributed by atoms with Crippen molar-refractivity contribution in [2.75, 3.05) is 6.54 Å². The number of pyridine rings is 2. The van der Waals surface area contributed by atoms with E-state index in [0.717, 1.165) is 96.1 Å². The topological polar surface area (TPSA) is 96.4 Å². The molecule has 65 heavy (non-hydrogen) atoms. The molecule has 10 rings (SSSR count). The second kappa shape index (κ2) is 19.1. The Morgan fingerprint density at radius 3 is 2.15 bits per heavy atom. The number of aromatic nitrogens is 4. The number of fused-ring (bicyclic) bond motifs is 6. The summed E-state index contributed by atoms with van der Waals surface area (Å²) in [6.45, 7) is 10.5. The third-order valence-electron chi connectivity index (χ3n) is 11.8. The molecule has 6 heteroatoms. The first-order valence-corrected chi connectivity index (χ1v) is 22.0. The summed E-state index contributed by atoms with van der Waals surface area (Å²) in [6, 6.07) is 55.2. The van der Waals surface area contributed by atoms with Crippen molar-refractivity contribution in [3.05, 3.63) is 230 Å². The molecule has 0 bridgehead atoms. The molecular formula is C59H50N6. The van der Waals surface area contributed by atoms with E-state index in [1.807, 2.05) is 91.3 Å². The van der Waals surface area contributed by atoms with E-state index < -0.39 is 0 Å². The van der Waals surface area contributed by atoms with Crippen LogP contribution in [0.25, 0.3) is 88.5 Å². The summed E-state index contributed by atoms with van der Waals surface area (Å²) in [5, 5.41) is 13.5. The van der Waals surface area contributed by atoms with E-state index in [-0.39, 0.29) is 0 Å². The first-order chi connectivity index (χ1) is 31.9. The Hall–Kier alpha value is -8.19. The molecule has 4 aromatic heterocycles. The Kier molecular flexibility index (Phi) is 12.3. The first kappa shape index (κ1) is 42.1. The average Bonchev–Trinajstić information content (AvgIpc) is 3.89. The summed E-state index contributed by atoms with van der Waals surface area (Å²) in [5.74, 6) is 0.881. The molecule has 0 aliphatic carbocycles. The highest BCUT2D eigenvalue weighted by Crippen LogP contribution is 2.40. The van der Waals surface area contributed by atoms with Gasteiger partial charge < -0.3 is 16.1 Å². The van der Waals surface area contributed by atoms with E-state index in [4.69, 9.17) is 21.1 Å². The quantitative estimate of drug-likeness (QED) is 0.0844. The van der Waals surface area contributed by atoms with Crippen molar-refractivity contribution >= 4 is 54.9 Å². The van der Waals surface area contributed by atoms with Crippen LogP contribution in [0.4, 0.5) is 0 Å². The fraction of sp³-hybridized carbons (Fsp3) is 0.0678. The molecule has 6 aromatic carbocycles. The molecule has 0 spiro atoms. The van der Waals surface area contributed by atoms with Crippen LogP contribution in [0.5, 0.6) is 0 Å². The van der Waals surface area contributed by atoms with E-state index in [1.165, 1.54) is 21.9 Å². The molecule has 0 atom stereocenters. The van der Waals surface area contributed by atoms with Crippen LogP contribution in [0.15, 0.2) is 214 Å². The van der Waals surface area contributed by atoms with Crippen molar-refractivity contribution in [2.45, 2.75) is 19.8 Å². The van der Waals surface area contributed by atoms with Crippen LogP contribution in [0.2, 0.25) is 0 Å². The highest BCUT2D eigenvalue weighted by molar-refractivity contribution is 6.15. The molecular weight excluding hydrogens is 793 g/mol. The standard InChI is InChI=1S/C54H41N5.C5H9N/c1-3-12-38-29-47-46-31-41(49-25-21-42(34-57-49)37-15-8-5-9-16-37)22-27-52(46)59(54-17-10-11-28-56-54)53(47)33-44(38)39-19-23-43-45-30-40(20-26-50(45)58-51(43)32-39)48(55)24-18-35(2)36-13-6-4-7-14-36;1-2-3-4-5-6/h4-11,13-34,55,58H,2-3,12H2,1H3;2-4H,1,5-6H2/b24-18-,55-48?;4-3-. The Balaban J connectivity index is 0.000000834. The van der Waals surface area contributed by atoms with Crippen molar-refractivity contribution in [1.82, 2.24) is 19.5 Å². The van der Waals surface area contributed by atoms with Gasteiger partial charge in [0, 0.05) is 68.2 Å². The van der Waals surface area contributed by atoms with Crippen molar-refractivity contribution < 1.29 is 0 Å². The van der Waals surface area contributed by atoms with Crippen LogP contribution >= 0.6 is 0 Å². The van der Waals surface area contributed by atoms with Crippen LogP contribution in [0.1, 0.15) is 30.0 Å². The molecule has 0 radical (unpaired) electrons. The summed E-state index contributed by atoms with van der Waals surface area (Å²) < 4.78 is 2.29. The van der Waals surface area contributed by atoms with Crippen LogP contribution < -0.4 is 5.73 Å². The maximum Gasteiger partial charge on any atom is 0.137 e. The van der Waals surface area contributed by atoms with Crippen molar-refractivity contribution in [1.29, 1.82) is 5.41 Å². The monoisotopic (exact) mass is 842 g/mol. The maximum atomic E-state index is 8.86. The highest BCUT2D eigenvalue weighted by Gasteiger charge is 2.19. The molecule has 0 fully saturated rings. The predicted molar refractivity (Wildman–Crippen MR) is 276 cm³/mol. The number of rotatable bonds is 12. The smallest absolute Gasteiger partial charge is 0.137 e. The lowest BCUT2D eigenvalue weighted by molar-refractivity contribution is 0.925. The average molecular weight is 843 g/mol. The molecule has 10 aromatic rings. The number of allylic oxidation sites excluding steroid dienone is 5. The summed E-state index contributed by atoms with van der Waals surface area (Å²) in [7, 11) is 0. The lowest BCUT2D eigenvalue weighted by Gasteiger charge is -2.12. The minimum Gasteiger partial charge on any atom is -0.354 e. The number of hydrogen-bond donors (Lipinski definition) is 3. The van der Waals surface area contributed by atoms with Crippen LogP contribution in [0.3, 0.4) is 0 Å². The van der Waals surface area contributed by atoms with E-state index >= 15 is 0 Å². The largest absolute Gasteiger partial charge is 0.354 e. The van der Waals surface area contributed by atoms with Gasteiger partial charge in [-0.05, 0) is 107 Å². The second-order valence-electron chi connectivity index (χ2n) is 16.0. The zero-order valence-electron chi connectivity index (χ0n) is 36.5. The van der Waals surface area contributed by atoms with Gasteiger partial charge in [0.1, 0.15) is 5.82 Å². The van der Waals surface area contributed by atoms with Gasteiger partial charge in [-0.1, -0.05) is 148 Å². The van der Waals surface area contributed by atoms with Gasteiger partial charge in [-0.25, -0.2) is 4.98 Å². The molecule has 0 saturated carbocycles. The number of benzene rings is 6. The van der Waals surface area contributed by atoms with Gasteiger partial charge in [0.25, 0.3) is 0 Å². The molecule has 0 aliphatic heterocycles. The summed E-state index contributed by atoms with van der Waals surface area (Å²) in [4.78, 5) is 13.4. The Labute approximate surface area is 380 Å². The van der Waals surface area contributed by atoms with Gasteiger partial charge in [0.05, 0.1) is 22.4 Å². The van der Waals surface area contributed by atoms with Crippen LogP contribution in [-0.2, 0) is 6.42 Å². The molecule has 0 aliphatic rings. The lowest BCUT2D eigenvalue weighted by atomic mass is 9.93. The maximum absolute atomic E-state index is 8.86. The fourth-order valence-electron chi connectivity index (χ4n) is 8.56. The molecule has 0 saturated heterocycles. The molecule has 316 valence electrons. The number of aromatic amines is 1. The van der Waals surface area contributed by atoms with Crippen LogP contribution in [-0.4, -0.2) is 31.8 Å². The minimum atomic E-state index is 0.445. The number of nitrogens with zero attached hydrogens (tertiary/aromatic N) is 3. The van der Waals surface area contributed by atoms with Crippen molar-refractivity contribution in [2.24, 2.45) is 5.73 Å². The predicted octanol–water partition coefficient (Wildman–Crippen LogP) is 14.5. The molecule has 0 amide bonds. The Morgan fingerprint density at radius 2 is 1.43 bits per heavy atom. The third-order valence-corrected chi connectivity index (χ3v) is 11.8. The summed E-state index contributed by atoms with van der Waals surface area (Å²) in [5.41, 5.74) is 20.6. The number of nitrogens with two attached hydrogens (primary N) is 1. The third kappa shape index (κ3) is 8.76. The number of aryl methyl sites for hydroxylation is 1. The normalized spacial score (nSPS) is 11.5. The summed E-state index contributed by atoms with van der Waals surface area (Å²) >= 11 is 0. The lowest BCUT2D eigenvalue weighted by Crippen LogP contribution is -1.97. The van der Waals surface area contributed by atoms with Crippen molar-refractivity contribution in [3.8, 4) is 39.3 Å². The highest BCUT2D eigenvalue weighted by atomic mass is 15.1. The summed E-state index contributed by atoms with van der Waals surface area (Å²) in [6.07, 6.45) is 14.9. The molecule has 0 unspecified atom stereocenters. The number of H-pyrrole nitrogens is 1. The van der Waals surface area contributed by atoms with Crippen molar-refractivity contribution in [3.63, 3.8) is 0 Å². The van der Waals surface area contributed by atoms with E-state index in [2.05, 4.69) is 133 Å². The van der Waals surface area contributed by atoms with Gasteiger partial charge in [-0.2, -0.15) is 0 Å². The van der Waals surface area contributed by atoms with E-state index in [1.54, 1.807) is 6.08 Å². The van der Waals surface area contributed by atoms with Gasteiger partial charge in [0.2, 0.25) is 0 Å². The Bertz CT molecular complexity index is 3390. The van der Waals surface area contributed by atoms with Gasteiger partial charge in [-0.15, -0.1) is 0 Å². The molecule has 6 nitrogen and oxygen atoms in total. The van der Waals surface area contributed by atoms with Crippen LogP contribution in [0, 0.1) is 5.41 Å². The minimum absolute atomic E-state index is 0.445. The Morgan fingerprint density at radius 1 is 0.662 bits per heavy atom. The number of hydrogen-bond acceptors (Lipinski definition) is 4. The molecule has 4 N–H and O–H groups in total. The fourth-order valence-corrected chi connectivity index (χ4v) is 8.56. The molecule has 4 heterocycles. The zero-order chi connectivity index (χ0) is 44.7. The number of nitrogens with one attached hydrogen (secondary N) is 2. The van der Waals surface area contributed by atoms with Gasteiger partial charge in [0.15, 0.2) is 0 Å². The SMILES string of the molecule is C=C(/C=C\C(=N)c1ccc2[nH]c3cc(-c4cc5c(cc4CCC)c4cc(-c6ccc(-c7ccccc7)cn6)ccc4n5-c4ccccn4)ccc3c2c1)c1ccccc1.C=C/C=C\CN. The second-order valence-corrected chi connectivity index (χ2v) is 16.0.